The fourth-order valence-electron chi connectivity index (χ4n) is 3.19. The predicted octanol–water partition coefficient (Wildman–Crippen LogP) is 2.82. The first kappa shape index (κ1) is 19.8. The van der Waals surface area contributed by atoms with Crippen molar-refractivity contribution in [2.24, 2.45) is 0 Å². The summed E-state index contributed by atoms with van der Waals surface area (Å²) in [6, 6.07) is 16.5. The number of methoxy groups -OCH3 is 1. The van der Waals surface area contributed by atoms with Gasteiger partial charge in [-0.1, -0.05) is 42.5 Å². The van der Waals surface area contributed by atoms with Crippen molar-refractivity contribution >= 4 is 40.7 Å². The van der Waals surface area contributed by atoms with Crippen LogP contribution < -0.4 is 20.1 Å². The van der Waals surface area contributed by atoms with Crippen LogP contribution in [0.3, 0.4) is 0 Å². The highest BCUT2D eigenvalue weighted by Crippen LogP contribution is 2.30. The van der Waals surface area contributed by atoms with E-state index in [1.165, 1.54) is 19.3 Å². The number of nitrogens with one attached hydrogen (secondary N) is 2. The zero-order chi connectivity index (χ0) is 22.0. The molecule has 0 atom stereocenters. The molecule has 1 aliphatic rings. The van der Waals surface area contributed by atoms with Gasteiger partial charge in [0.2, 0.25) is 0 Å². The van der Waals surface area contributed by atoms with E-state index in [0.717, 1.165) is 10.8 Å². The molecule has 154 valence electrons. The first-order valence-electron chi connectivity index (χ1n) is 9.22. The van der Waals surface area contributed by atoms with Crippen LogP contribution in [0.2, 0.25) is 0 Å². The quantitative estimate of drug-likeness (QED) is 0.293. The summed E-state index contributed by atoms with van der Waals surface area (Å²) in [5.41, 5.74) is 0.528. The van der Waals surface area contributed by atoms with Crippen LogP contribution in [-0.4, -0.2) is 30.9 Å². The number of rotatable bonds is 4. The first-order chi connectivity index (χ1) is 15.0. The van der Waals surface area contributed by atoms with Gasteiger partial charge in [0.05, 0.1) is 12.7 Å². The smallest absolute Gasteiger partial charge is 0.344 e. The maximum Gasteiger partial charge on any atom is 0.344 e. The summed E-state index contributed by atoms with van der Waals surface area (Å²) in [6.07, 6.45) is 1.28. The van der Waals surface area contributed by atoms with Crippen molar-refractivity contribution in [2.75, 3.05) is 7.11 Å². The Labute approximate surface area is 176 Å². The number of benzene rings is 3. The third-order valence-corrected chi connectivity index (χ3v) is 4.65. The van der Waals surface area contributed by atoms with E-state index in [1.807, 2.05) is 41.0 Å². The van der Waals surface area contributed by atoms with E-state index in [-0.39, 0.29) is 11.3 Å². The highest BCUT2D eigenvalue weighted by atomic mass is 16.6. The van der Waals surface area contributed by atoms with E-state index in [4.69, 9.17) is 9.47 Å². The van der Waals surface area contributed by atoms with Crippen molar-refractivity contribution in [3.8, 4) is 11.5 Å². The lowest BCUT2D eigenvalue weighted by atomic mass is 10.0. The first-order valence-corrected chi connectivity index (χ1v) is 9.22. The van der Waals surface area contributed by atoms with E-state index in [2.05, 4.69) is 0 Å². The largest absolute Gasteiger partial charge is 0.493 e. The molecule has 0 unspecified atom stereocenters. The zero-order valence-electron chi connectivity index (χ0n) is 16.3. The van der Waals surface area contributed by atoms with E-state index >= 15 is 0 Å². The lowest BCUT2D eigenvalue weighted by Crippen LogP contribution is -2.51. The van der Waals surface area contributed by atoms with Crippen LogP contribution in [0.15, 0.2) is 66.2 Å². The Bertz CT molecular complexity index is 1250. The number of hydrogen-bond acceptors (Lipinski definition) is 6. The molecule has 1 saturated heterocycles. The number of esters is 1. The second-order valence-corrected chi connectivity index (χ2v) is 6.62. The molecule has 8 nitrogen and oxygen atoms in total. The second kappa shape index (κ2) is 8.11. The number of fused-ring (bicyclic) bond motifs is 1. The van der Waals surface area contributed by atoms with Crippen molar-refractivity contribution in [2.45, 2.75) is 0 Å². The molecule has 3 aromatic rings. The van der Waals surface area contributed by atoms with Gasteiger partial charge in [-0.3, -0.25) is 20.2 Å². The number of imide groups is 2. The van der Waals surface area contributed by atoms with Crippen LogP contribution in [-0.2, 0) is 9.59 Å². The number of carbonyl (C=O) groups excluding carboxylic acids is 4. The Morgan fingerprint density at radius 3 is 2.32 bits per heavy atom. The minimum atomic E-state index is -0.883. The van der Waals surface area contributed by atoms with Gasteiger partial charge in [0.1, 0.15) is 5.57 Å². The molecule has 0 aromatic heterocycles. The number of ether oxygens (including phenoxy) is 2. The summed E-state index contributed by atoms with van der Waals surface area (Å²) in [5, 5.41) is 5.64. The van der Waals surface area contributed by atoms with E-state index in [0.29, 0.717) is 16.9 Å². The normalized spacial score (nSPS) is 13.5. The summed E-state index contributed by atoms with van der Waals surface area (Å²) in [7, 11) is 1.43. The van der Waals surface area contributed by atoms with Gasteiger partial charge in [0, 0.05) is 0 Å². The van der Waals surface area contributed by atoms with Gasteiger partial charge < -0.3 is 9.47 Å². The third-order valence-electron chi connectivity index (χ3n) is 4.65. The van der Waals surface area contributed by atoms with Gasteiger partial charge in [-0.25, -0.2) is 9.59 Å². The molecule has 1 aliphatic heterocycles. The summed E-state index contributed by atoms with van der Waals surface area (Å²) in [6.45, 7) is 0. The molecule has 0 radical (unpaired) electrons. The minimum Gasteiger partial charge on any atom is -0.493 e. The molecule has 3 aromatic carbocycles. The van der Waals surface area contributed by atoms with Gasteiger partial charge in [-0.15, -0.1) is 0 Å². The van der Waals surface area contributed by atoms with E-state index in [9.17, 15) is 19.2 Å². The monoisotopic (exact) mass is 416 g/mol. The molecule has 0 aliphatic carbocycles. The van der Waals surface area contributed by atoms with Crippen molar-refractivity contribution in [1.82, 2.24) is 10.6 Å². The zero-order valence-corrected chi connectivity index (χ0v) is 16.3. The van der Waals surface area contributed by atoms with Crippen molar-refractivity contribution in [3.63, 3.8) is 0 Å². The Hall–Kier alpha value is -4.46. The summed E-state index contributed by atoms with van der Waals surface area (Å²) in [5.74, 6) is -1.82. The maximum absolute atomic E-state index is 12.9. The molecule has 31 heavy (non-hydrogen) atoms. The molecule has 0 saturated carbocycles. The van der Waals surface area contributed by atoms with Gasteiger partial charge >= 0.3 is 12.0 Å². The van der Waals surface area contributed by atoms with Crippen LogP contribution >= 0.6 is 0 Å². The molecule has 4 rings (SSSR count). The average Bonchev–Trinajstić information content (AvgIpc) is 2.76. The molecule has 4 amide bonds. The minimum absolute atomic E-state index is 0.113. The number of urea groups is 1. The van der Waals surface area contributed by atoms with Crippen LogP contribution in [0, 0.1) is 0 Å². The molecular weight excluding hydrogens is 400 g/mol. The summed E-state index contributed by atoms with van der Waals surface area (Å²) >= 11 is 0. The molecule has 1 heterocycles. The lowest BCUT2D eigenvalue weighted by Gasteiger charge is -2.14. The molecule has 8 heteroatoms. The third kappa shape index (κ3) is 3.99. The predicted molar refractivity (Wildman–Crippen MR) is 112 cm³/mol. The van der Waals surface area contributed by atoms with Gasteiger partial charge in [-0.2, -0.15) is 0 Å². The van der Waals surface area contributed by atoms with Gasteiger partial charge in [-0.05, 0) is 40.6 Å². The maximum atomic E-state index is 12.9. The Kier molecular flexibility index (Phi) is 5.19. The SMILES string of the molecule is COc1ccc(C=C2C(=O)NC(=O)NC2=O)cc1OC(=O)c1cccc2ccccc12. The van der Waals surface area contributed by atoms with Crippen LogP contribution in [0.1, 0.15) is 15.9 Å². The molecule has 1 fully saturated rings. The molecule has 0 bridgehead atoms. The van der Waals surface area contributed by atoms with Gasteiger partial charge in [0.25, 0.3) is 11.8 Å². The Morgan fingerprint density at radius 1 is 0.871 bits per heavy atom. The Balaban J connectivity index is 1.68. The topological polar surface area (TPSA) is 111 Å². The van der Waals surface area contributed by atoms with E-state index in [1.54, 1.807) is 24.3 Å². The van der Waals surface area contributed by atoms with Crippen LogP contribution in [0.25, 0.3) is 16.8 Å². The highest BCUT2D eigenvalue weighted by Gasteiger charge is 2.27. The Morgan fingerprint density at radius 2 is 1.58 bits per heavy atom. The van der Waals surface area contributed by atoms with Crippen LogP contribution in [0.5, 0.6) is 11.5 Å². The lowest BCUT2D eigenvalue weighted by molar-refractivity contribution is -0.123. The van der Waals surface area contributed by atoms with E-state index < -0.39 is 23.8 Å². The highest BCUT2D eigenvalue weighted by molar-refractivity contribution is 6.31. The summed E-state index contributed by atoms with van der Waals surface area (Å²) < 4.78 is 10.9. The fraction of sp³-hybridized carbons (Fsp3) is 0.0435. The number of amides is 4. The van der Waals surface area contributed by atoms with Crippen molar-refractivity contribution in [1.29, 1.82) is 0 Å². The second-order valence-electron chi connectivity index (χ2n) is 6.62. The number of hydrogen-bond donors (Lipinski definition) is 2. The number of barbiturate groups is 1. The molecule has 0 spiro atoms. The fourth-order valence-corrected chi connectivity index (χ4v) is 3.19. The van der Waals surface area contributed by atoms with Crippen molar-refractivity contribution in [3.05, 3.63) is 77.4 Å². The summed E-state index contributed by atoms with van der Waals surface area (Å²) in [4.78, 5) is 48.0. The average molecular weight is 416 g/mol. The van der Waals surface area contributed by atoms with Crippen LogP contribution in [0.4, 0.5) is 4.79 Å². The standard InChI is InChI=1S/C23H16N2O6/c1-30-18-10-9-13(11-17-20(26)24-23(29)25-21(17)27)12-19(18)31-22(28)16-8-4-6-14-5-2-3-7-15(14)16/h2-12H,1H3,(H2,24,25,26,27,29). The number of carbonyl (C=O) groups is 4. The van der Waals surface area contributed by atoms with Gasteiger partial charge in [0.15, 0.2) is 11.5 Å². The van der Waals surface area contributed by atoms with Crippen molar-refractivity contribution < 1.29 is 28.7 Å². The molecule has 2 N–H and O–H groups in total. The molecular formula is C23H16N2O6.